The predicted molar refractivity (Wildman–Crippen MR) is 110 cm³/mol. The van der Waals surface area contributed by atoms with Gasteiger partial charge >= 0.3 is 12.1 Å². The molecular weight excluding hydrogens is 406 g/mol. The zero-order valence-corrected chi connectivity index (χ0v) is 18.1. The van der Waals surface area contributed by atoms with Crippen molar-refractivity contribution in [2.45, 2.75) is 45.1 Å². The number of rotatable bonds is 4. The van der Waals surface area contributed by atoms with Crippen molar-refractivity contribution in [3.63, 3.8) is 0 Å². The normalized spacial score (nSPS) is 15.0. The number of carbonyl (C=O) groups is 3. The number of nitrogens with one attached hydrogen (secondary N) is 2. The molecule has 2 aromatic rings. The van der Waals surface area contributed by atoms with Gasteiger partial charge in [-0.2, -0.15) is 5.10 Å². The Balaban J connectivity index is 1.77. The number of methoxy groups -OCH3 is 1. The Kier molecular flexibility index (Phi) is 6.32. The van der Waals surface area contributed by atoms with E-state index in [-0.39, 0.29) is 35.3 Å². The molecule has 1 aliphatic rings. The number of H-pyrrole nitrogens is 1. The van der Waals surface area contributed by atoms with Crippen LogP contribution >= 0.6 is 0 Å². The van der Waals surface area contributed by atoms with E-state index in [1.165, 1.54) is 23.9 Å². The van der Waals surface area contributed by atoms with Crippen molar-refractivity contribution in [2.24, 2.45) is 0 Å². The van der Waals surface area contributed by atoms with Crippen LogP contribution < -0.4 is 10.9 Å². The highest BCUT2D eigenvalue weighted by Crippen LogP contribution is 2.28. The van der Waals surface area contributed by atoms with Crippen LogP contribution in [0.4, 0.5) is 4.79 Å². The van der Waals surface area contributed by atoms with E-state index in [1.807, 2.05) is 20.8 Å². The minimum atomic E-state index is -0.587. The summed E-state index contributed by atoms with van der Waals surface area (Å²) >= 11 is 0. The zero-order chi connectivity index (χ0) is 22.8. The molecule has 0 aromatic carbocycles. The molecule has 11 nitrogen and oxygen atoms in total. The molecule has 11 heteroatoms. The molecule has 1 fully saturated rings. The Labute approximate surface area is 178 Å². The summed E-state index contributed by atoms with van der Waals surface area (Å²) < 4.78 is 11.5. The molecule has 0 saturated carbocycles. The largest absolute Gasteiger partial charge is 0.468 e. The van der Waals surface area contributed by atoms with Crippen molar-refractivity contribution in [1.29, 1.82) is 0 Å². The lowest BCUT2D eigenvalue weighted by atomic mass is 9.93. The van der Waals surface area contributed by atoms with Gasteiger partial charge in [0.25, 0.3) is 11.5 Å². The molecule has 168 valence electrons. The van der Waals surface area contributed by atoms with Gasteiger partial charge in [0.05, 0.1) is 19.0 Å². The number of aromatic amines is 1. The highest BCUT2D eigenvalue weighted by atomic mass is 16.6. The zero-order valence-electron chi connectivity index (χ0n) is 18.1. The van der Waals surface area contributed by atoms with E-state index in [9.17, 15) is 19.2 Å². The minimum absolute atomic E-state index is 0.0191. The van der Waals surface area contributed by atoms with Gasteiger partial charge in [0.15, 0.2) is 0 Å². The first-order valence-corrected chi connectivity index (χ1v) is 10.0. The second-order valence-electron chi connectivity index (χ2n) is 8.38. The van der Waals surface area contributed by atoms with E-state index in [0.717, 1.165) is 0 Å². The van der Waals surface area contributed by atoms with E-state index in [4.69, 9.17) is 4.74 Å². The van der Waals surface area contributed by atoms with Gasteiger partial charge in [0.2, 0.25) is 0 Å². The third-order valence-electron chi connectivity index (χ3n) is 4.96. The number of hydrogen-bond donors (Lipinski definition) is 2. The SMILES string of the molecule is COC(=O)CNC(=O)c1cnn2c(C3CCN(C(=O)OC(C)(C)C)CC3)cc(=O)[nH]c12. The molecule has 2 amide bonds. The molecule has 3 rings (SSSR count). The van der Waals surface area contributed by atoms with Crippen LogP contribution in [0.25, 0.3) is 5.65 Å². The summed E-state index contributed by atoms with van der Waals surface area (Å²) in [4.78, 5) is 52.5. The summed E-state index contributed by atoms with van der Waals surface area (Å²) in [6.07, 6.45) is 2.24. The van der Waals surface area contributed by atoms with E-state index in [0.29, 0.717) is 31.6 Å². The topological polar surface area (TPSA) is 135 Å². The van der Waals surface area contributed by atoms with Crippen LogP contribution in [-0.4, -0.2) is 69.8 Å². The van der Waals surface area contributed by atoms with Gasteiger partial charge in [-0.25, -0.2) is 9.31 Å². The van der Waals surface area contributed by atoms with Crippen LogP contribution in [0.5, 0.6) is 0 Å². The van der Waals surface area contributed by atoms with Crippen molar-refractivity contribution in [3.8, 4) is 0 Å². The van der Waals surface area contributed by atoms with Gasteiger partial charge in [-0.05, 0) is 33.6 Å². The summed E-state index contributed by atoms with van der Waals surface area (Å²) in [6.45, 7) is 6.15. The highest BCUT2D eigenvalue weighted by molar-refractivity contribution is 6.00. The average molecular weight is 433 g/mol. The van der Waals surface area contributed by atoms with Gasteiger partial charge in [0.1, 0.15) is 23.4 Å². The van der Waals surface area contributed by atoms with Gasteiger partial charge in [-0.15, -0.1) is 0 Å². The summed E-state index contributed by atoms with van der Waals surface area (Å²) in [7, 11) is 1.22. The Bertz CT molecular complexity index is 1040. The van der Waals surface area contributed by atoms with Gasteiger partial charge in [0, 0.05) is 25.1 Å². The number of esters is 1. The van der Waals surface area contributed by atoms with Crippen LogP contribution in [0.1, 0.15) is 55.6 Å². The molecule has 31 heavy (non-hydrogen) atoms. The first-order chi connectivity index (χ1) is 14.6. The minimum Gasteiger partial charge on any atom is -0.468 e. The number of amides is 2. The highest BCUT2D eigenvalue weighted by Gasteiger charge is 2.29. The molecular formula is C20H27N5O6. The van der Waals surface area contributed by atoms with Crippen LogP contribution in [0, 0.1) is 0 Å². The third-order valence-corrected chi connectivity index (χ3v) is 4.96. The molecule has 0 atom stereocenters. The number of ether oxygens (including phenoxy) is 2. The molecule has 0 unspecified atom stereocenters. The maximum Gasteiger partial charge on any atom is 0.410 e. The third kappa shape index (κ3) is 5.22. The maximum atomic E-state index is 12.4. The second-order valence-corrected chi connectivity index (χ2v) is 8.38. The Morgan fingerprint density at radius 1 is 1.26 bits per heavy atom. The first kappa shape index (κ1) is 22.3. The van der Waals surface area contributed by atoms with Crippen molar-refractivity contribution in [1.82, 2.24) is 24.8 Å². The smallest absolute Gasteiger partial charge is 0.410 e. The second kappa shape index (κ2) is 8.78. The molecule has 2 N–H and O–H groups in total. The van der Waals surface area contributed by atoms with Crippen LogP contribution in [0.2, 0.25) is 0 Å². The Morgan fingerprint density at radius 2 is 1.94 bits per heavy atom. The molecule has 0 bridgehead atoms. The number of piperidine rings is 1. The molecule has 1 aliphatic heterocycles. The summed E-state index contributed by atoms with van der Waals surface area (Å²) in [6, 6.07) is 1.46. The number of nitrogens with zero attached hydrogens (tertiary/aromatic N) is 3. The standard InChI is InChI=1S/C20H27N5O6/c1-20(2,3)31-19(29)24-7-5-12(6-8-24)14-9-15(26)23-17-13(10-22-25(14)17)18(28)21-11-16(27)30-4/h9-10,12H,5-8,11H2,1-4H3,(H,21,28)(H,23,26). The van der Waals surface area contributed by atoms with Gasteiger partial charge < -0.3 is 24.7 Å². The van der Waals surface area contributed by atoms with Crippen LogP contribution in [0.3, 0.4) is 0 Å². The number of carbonyl (C=O) groups excluding carboxylic acids is 3. The number of likely N-dealkylation sites (tertiary alicyclic amines) is 1. The van der Waals surface area contributed by atoms with Crippen LogP contribution in [0.15, 0.2) is 17.1 Å². The Hall–Kier alpha value is -3.37. The predicted octanol–water partition coefficient (Wildman–Crippen LogP) is 1.04. The van der Waals surface area contributed by atoms with Gasteiger partial charge in [-0.3, -0.25) is 14.4 Å². The first-order valence-electron chi connectivity index (χ1n) is 10.0. The molecule has 0 spiro atoms. The Morgan fingerprint density at radius 3 is 2.55 bits per heavy atom. The summed E-state index contributed by atoms with van der Waals surface area (Å²) in [5.41, 5.74) is 0.134. The lowest BCUT2D eigenvalue weighted by Crippen LogP contribution is -2.41. The summed E-state index contributed by atoms with van der Waals surface area (Å²) in [5.74, 6) is -1.15. The molecule has 2 aromatic heterocycles. The van der Waals surface area contributed by atoms with Crippen molar-refractivity contribution in [3.05, 3.63) is 33.9 Å². The van der Waals surface area contributed by atoms with E-state index >= 15 is 0 Å². The maximum absolute atomic E-state index is 12.4. The van der Waals surface area contributed by atoms with Gasteiger partial charge in [-0.1, -0.05) is 0 Å². The summed E-state index contributed by atoms with van der Waals surface area (Å²) in [5, 5.41) is 6.71. The molecule has 0 radical (unpaired) electrons. The number of hydrogen-bond acceptors (Lipinski definition) is 7. The monoisotopic (exact) mass is 433 g/mol. The van der Waals surface area contributed by atoms with E-state index < -0.39 is 17.5 Å². The fraction of sp³-hybridized carbons (Fsp3) is 0.550. The molecule has 0 aliphatic carbocycles. The fourth-order valence-electron chi connectivity index (χ4n) is 3.47. The van der Waals surface area contributed by atoms with E-state index in [2.05, 4.69) is 20.1 Å². The average Bonchev–Trinajstić information content (AvgIpc) is 3.13. The van der Waals surface area contributed by atoms with Crippen molar-refractivity contribution in [2.75, 3.05) is 26.7 Å². The van der Waals surface area contributed by atoms with Crippen molar-refractivity contribution >= 4 is 23.6 Å². The van der Waals surface area contributed by atoms with Crippen LogP contribution in [-0.2, 0) is 14.3 Å². The lowest BCUT2D eigenvalue weighted by Gasteiger charge is -2.33. The number of aromatic nitrogens is 3. The molecule has 3 heterocycles. The lowest BCUT2D eigenvalue weighted by molar-refractivity contribution is -0.139. The van der Waals surface area contributed by atoms with E-state index in [1.54, 1.807) is 4.90 Å². The quantitative estimate of drug-likeness (QED) is 0.688. The number of fused-ring (bicyclic) bond motifs is 1. The van der Waals surface area contributed by atoms with Crippen molar-refractivity contribution < 1.29 is 23.9 Å². The molecule has 1 saturated heterocycles. The fourth-order valence-corrected chi connectivity index (χ4v) is 3.47.